The van der Waals surface area contributed by atoms with Crippen molar-refractivity contribution in [2.24, 2.45) is 0 Å². The maximum Gasteiger partial charge on any atom is 0.330 e. The Morgan fingerprint density at radius 3 is 3.20 bits per heavy atom. The molecule has 0 saturated carbocycles. The van der Waals surface area contributed by atoms with E-state index in [0.717, 1.165) is 17.0 Å². The third-order valence-electron chi connectivity index (χ3n) is 3.37. The summed E-state index contributed by atoms with van der Waals surface area (Å²) < 4.78 is 12.0. The fraction of sp³-hybridized carbons (Fsp3) is 0.462. The molecule has 1 unspecified atom stereocenters. The van der Waals surface area contributed by atoms with Crippen molar-refractivity contribution in [3.05, 3.63) is 24.2 Å². The van der Waals surface area contributed by atoms with Crippen LogP contribution >= 0.6 is 0 Å². The van der Waals surface area contributed by atoms with E-state index in [-0.39, 0.29) is 5.97 Å². The summed E-state index contributed by atoms with van der Waals surface area (Å²) in [4.78, 5) is 18.2. The number of carbonyl (C=O) groups is 1. The van der Waals surface area contributed by atoms with Crippen molar-refractivity contribution in [2.45, 2.75) is 13.0 Å². The highest BCUT2D eigenvalue weighted by atomic mass is 16.5. The molecule has 0 amide bonds. The van der Waals surface area contributed by atoms with Crippen LogP contribution < -0.4 is 4.90 Å². The predicted molar refractivity (Wildman–Crippen MR) is 71.7 cm³/mol. The van der Waals surface area contributed by atoms with Crippen molar-refractivity contribution in [1.29, 1.82) is 0 Å². The van der Waals surface area contributed by atoms with E-state index in [2.05, 4.69) is 10.1 Å². The van der Waals surface area contributed by atoms with Crippen molar-refractivity contribution in [3.8, 4) is 0 Å². The second kappa shape index (κ2) is 5.09. The summed E-state index contributed by atoms with van der Waals surface area (Å²) in [5.74, 6) is 0.413. The Balaban J connectivity index is 2.05. The minimum Gasteiger partial charge on any atom is -0.467 e. The summed E-state index contributed by atoms with van der Waals surface area (Å²) in [6.45, 7) is 3.39. The molecule has 2 aromatic rings. The van der Waals surface area contributed by atoms with E-state index in [4.69, 9.17) is 9.47 Å². The summed E-state index contributed by atoms with van der Waals surface area (Å²) in [6, 6.07) is 1.48. The van der Waals surface area contributed by atoms with Crippen molar-refractivity contribution < 1.29 is 14.3 Å². The normalized spacial score (nSPS) is 19.3. The molecule has 1 saturated heterocycles. The lowest BCUT2D eigenvalue weighted by molar-refractivity contribution is -0.144. The molecule has 2 aromatic heterocycles. The SMILES string of the molecule is COC(=O)C1COCCN1c1nccn2nc(C)cc12. The molecule has 0 N–H and O–H groups in total. The highest BCUT2D eigenvalue weighted by Crippen LogP contribution is 2.23. The highest BCUT2D eigenvalue weighted by molar-refractivity contribution is 5.82. The summed E-state index contributed by atoms with van der Waals surface area (Å²) >= 11 is 0. The first-order valence-corrected chi connectivity index (χ1v) is 6.44. The molecular formula is C13H16N4O3. The molecule has 1 aliphatic rings. The quantitative estimate of drug-likeness (QED) is 0.740. The van der Waals surface area contributed by atoms with Crippen LogP contribution in [0.4, 0.5) is 5.82 Å². The van der Waals surface area contributed by atoms with Crippen LogP contribution in [0.1, 0.15) is 5.69 Å². The van der Waals surface area contributed by atoms with Gasteiger partial charge in [-0.1, -0.05) is 0 Å². The molecule has 7 heteroatoms. The van der Waals surface area contributed by atoms with Gasteiger partial charge in [0.05, 0.1) is 26.0 Å². The molecular weight excluding hydrogens is 260 g/mol. The highest BCUT2D eigenvalue weighted by Gasteiger charge is 2.32. The third-order valence-corrected chi connectivity index (χ3v) is 3.37. The van der Waals surface area contributed by atoms with Gasteiger partial charge in [-0.15, -0.1) is 0 Å². The topological polar surface area (TPSA) is 69.0 Å². The van der Waals surface area contributed by atoms with Crippen LogP contribution in [0.5, 0.6) is 0 Å². The van der Waals surface area contributed by atoms with Gasteiger partial charge >= 0.3 is 5.97 Å². The number of morpholine rings is 1. The van der Waals surface area contributed by atoms with Crippen LogP contribution in [0.3, 0.4) is 0 Å². The van der Waals surface area contributed by atoms with E-state index >= 15 is 0 Å². The van der Waals surface area contributed by atoms with Gasteiger partial charge in [0.2, 0.25) is 0 Å². The molecule has 0 aliphatic carbocycles. The molecule has 0 aromatic carbocycles. The average molecular weight is 276 g/mol. The largest absolute Gasteiger partial charge is 0.467 e. The summed E-state index contributed by atoms with van der Waals surface area (Å²) in [5.41, 5.74) is 1.78. The number of hydrogen-bond donors (Lipinski definition) is 0. The number of nitrogens with zero attached hydrogens (tertiary/aromatic N) is 4. The lowest BCUT2D eigenvalue weighted by atomic mass is 10.2. The van der Waals surface area contributed by atoms with E-state index in [0.29, 0.717) is 19.8 Å². The number of carbonyl (C=O) groups excluding carboxylic acids is 1. The number of aromatic nitrogens is 3. The van der Waals surface area contributed by atoms with Crippen molar-refractivity contribution in [1.82, 2.24) is 14.6 Å². The van der Waals surface area contributed by atoms with Crippen LogP contribution in [0, 0.1) is 6.92 Å². The van der Waals surface area contributed by atoms with E-state index < -0.39 is 6.04 Å². The van der Waals surface area contributed by atoms with Gasteiger partial charge in [-0.25, -0.2) is 14.3 Å². The first-order chi connectivity index (χ1) is 9.70. The number of fused-ring (bicyclic) bond motifs is 1. The van der Waals surface area contributed by atoms with E-state index in [1.807, 2.05) is 17.9 Å². The van der Waals surface area contributed by atoms with Gasteiger partial charge in [-0.05, 0) is 13.0 Å². The Morgan fingerprint density at radius 2 is 2.40 bits per heavy atom. The van der Waals surface area contributed by atoms with Crippen LogP contribution in [0.15, 0.2) is 18.5 Å². The van der Waals surface area contributed by atoms with Gasteiger partial charge in [-0.2, -0.15) is 5.10 Å². The number of hydrogen-bond acceptors (Lipinski definition) is 6. The van der Waals surface area contributed by atoms with Crippen molar-refractivity contribution in [3.63, 3.8) is 0 Å². The fourth-order valence-electron chi connectivity index (χ4n) is 2.44. The van der Waals surface area contributed by atoms with Gasteiger partial charge in [0.1, 0.15) is 5.52 Å². The molecule has 106 valence electrons. The van der Waals surface area contributed by atoms with Gasteiger partial charge in [-0.3, -0.25) is 0 Å². The number of aryl methyl sites for hydroxylation is 1. The van der Waals surface area contributed by atoms with Crippen LogP contribution in [0.2, 0.25) is 0 Å². The molecule has 3 heterocycles. The maximum absolute atomic E-state index is 11.9. The van der Waals surface area contributed by atoms with Gasteiger partial charge < -0.3 is 14.4 Å². The number of rotatable bonds is 2. The molecule has 0 spiro atoms. The third kappa shape index (κ3) is 2.09. The van der Waals surface area contributed by atoms with Gasteiger partial charge in [0.25, 0.3) is 0 Å². The first-order valence-electron chi connectivity index (χ1n) is 6.44. The molecule has 1 atom stereocenters. The second-order valence-electron chi connectivity index (χ2n) is 4.67. The van der Waals surface area contributed by atoms with Crippen LogP contribution in [0.25, 0.3) is 5.52 Å². The van der Waals surface area contributed by atoms with Crippen molar-refractivity contribution >= 4 is 17.3 Å². The van der Waals surface area contributed by atoms with Crippen molar-refractivity contribution in [2.75, 3.05) is 31.8 Å². The maximum atomic E-state index is 11.9. The molecule has 0 radical (unpaired) electrons. The minimum absolute atomic E-state index is 0.308. The molecule has 20 heavy (non-hydrogen) atoms. The Morgan fingerprint density at radius 1 is 1.55 bits per heavy atom. The lowest BCUT2D eigenvalue weighted by Gasteiger charge is -2.34. The monoisotopic (exact) mass is 276 g/mol. The number of methoxy groups -OCH3 is 1. The van der Waals surface area contributed by atoms with E-state index in [1.54, 1.807) is 16.9 Å². The molecule has 0 bridgehead atoms. The predicted octanol–water partition coefficient (Wildman–Crippen LogP) is 0.416. The Bertz CT molecular complexity index is 640. The standard InChI is InChI=1S/C13H16N4O3/c1-9-7-10-12(14-3-4-17(10)15-9)16-5-6-20-8-11(16)13(18)19-2/h3-4,7,11H,5-6,8H2,1-2H3. The second-order valence-corrected chi connectivity index (χ2v) is 4.67. The first kappa shape index (κ1) is 12.9. The molecule has 1 fully saturated rings. The van der Waals surface area contributed by atoms with Gasteiger partial charge in [0.15, 0.2) is 11.9 Å². The van der Waals surface area contributed by atoms with Crippen LogP contribution in [-0.2, 0) is 14.3 Å². The zero-order valence-electron chi connectivity index (χ0n) is 11.4. The molecule has 1 aliphatic heterocycles. The number of anilines is 1. The summed E-state index contributed by atoms with van der Waals surface area (Å²) in [7, 11) is 1.38. The van der Waals surface area contributed by atoms with Crippen LogP contribution in [-0.4, -0.2) is 53.5 Å². The zero-order valence-corrected chi connectivity index (χ0v) is 11.4. The number of ether oxygens (including phenoxy) is 2. The Hall–Kier alpha value is -2.15. The Kier molecular flexibility index (Phi) is 3.27. The molecule has 7 nitrogen and oxygen atoms in total. The Labute approximate surface area is 116 Å². The van der Waals surface area contributed by atoms with E-state index in [1.165, 1.54) is 7.11 Å². The average Bonchev–Trinajstić information content (AvgIpc) is 2.86. The summed E-state index contributed by atoms with van der Waals surface area (Å²) in [6.07, 6.45) is 3.47. The summed E-state index contributed by atoms with van der Waals surface area (Å²) in [5, 5.41) is 4.36. The zero-order chi connectivity index (χ0) is 14.1. The lowest BCUT2D eigenvalue weighted by Crippen LogP contribution is -2.51. The molecule has 3 rings (SSSR count). The minimum atomic E-state index is -0.470. The fourth-order valence-corrected chi connectivity index (χ4v) is 2.44. The smallest absolute Gasteiger partial charge is 0.330 e. The van der Waals surface area contributed by atoms with Gasteiger partial charge in [0, 0.05) is 18.9 Å². The number of esters is 1. The van der Waals surface area contributed by atoms with E-state index in [9.17, 15) is 4.79 Å².